The van der Waals surface area contributed by atoms with Crippen LogP contribution in [0.4, 0.5) is 0 Å². The molecule has 0 saturated carbocycles. The minimum absolute atomic E-state index is 0.0980. The normalized spacial score (nSPS) is 14.8. The average molecular weight is 184 g/mol. The molecule has 1 unspecified atom stereocenters. The Bertz CT molecular complexity index is 185. The molecule has 68 valence electrons. The smallest absolute Gasteiger partial charge is 0.269 e. The van der Waals surface area contributed by atoms with Crippen molar-refractivity contribution >= 4 is 10.1 Å². The van der Waals surface area contributed by atoms with Gasteiger partial charge in [0.25, 0.3) is 10.1 Å². The third-order valence-corrected chi connectivity index (χ3v) is 2.21. The first-order chi connectivity index (χ1) is 5.02. The van der Waals surface area contributed by atoms with Crippen LogP contribution in [-0.4, -0.2) is 37.3 Å². The van der Waals surface area contributed by atoms with Crippen LogP contribution in [0.1, 0.15) is 13.3 Å². The number of hydrogen-bond donors (Lipinski definition) is 2. The zero-order chi connectivity index (χ0) is 8.91. The van der Waals surface area contributed by atoms with Crippen molar-refractivity contribution in [3.63, 3.8) is 0 Å². The van der Waals surface area contributed by atoms with E-state index in [1.807, 2.05) is 0 Å². The van der Waals surface area contributed by atoms with E-state index in [0.717, 1.165) is 0 Å². The van der Waals surface area contributed by atoms with Gasteiger partial charge in [-0.3, -0.25) is 0 Å². The lowest BCUT2D eigenvalue weighted by atomic mass is 10.5. The molecule has 0 aliphatic carbocycles. The number of hydrogen-bond acceptors (Lipinski definition) is 5. The van der Waals surface area contributed by atoms with Gasteiger partial charge in [0.05, 0.1) is 5.75 Å². The third kappa shape index (κ3) is 5.14. The minimum atomic E-state index is -3.60. The topological polar surface area (TPSA) is 83.8 Å². The van der Waals surface area contributed by atoms with Crippen LogP contribution in [0.2, 0.25) is 0 Å². The fraction of sp³-hybridized carbons (Fsp3) is 1.00. The van der Waals surface area contributed by atoms with E-state index in [4.69, 9.17) is 10.2 Å². The highest BCUT2D eigenvalue weighted by atomic mass is 32.2. The van der Waals surface area contributed by atoms with Gasteiger partial charge in [-0.2, -0.15) is 8.42 Å². The zero-order valence-electron chi connectivity index (χ0n) is 6.23. The molecule has 0 aromatic carbocycles. The van der Waals surface area contributed by atoms with Crippen LogP contribution in [-0.2, 0) is 14.3 Å². The average Bonchev–Trinajstić information content (AvgIpc) is 1.87. The standard InChI is InChI=1S/C5H12O5S/c1-2-11(8,9)10-5(7)3-4-6/h5-7H,2-4H2,1H3. The summed E-state index contributed by atoms with van der Waals surface area (Å²) in [6, 6.07) is 0. The van der Waals surface area contributed by atoms with Crippen molar-refractivity contribution in [1.82, 2.24) is 0 Å². The van der Waals surface area contributed by atoms with Crippen molar-refractivity contribution in [3.05, 3.63) is 0 Å². The Morgan fingerprint density at radius 1 is 1.55 bits per heavy atom. The highest BCUT2D eigenvalue weighted by Gasteiger charge is 2.13. The van der Waals surface area contributed by atoms with Crippen molar-refractivity contribution < 1.29 is 22.8 Å². The van der Waals surface area contributed by atoms with Gasteiger partial charge in [-0.05, 0) is 6.92 Å². The first-order valence-corrected chi connectivity index (χ1v) is 4.79. The van der Waals surface area contributed by atoms with Crippen molar-refractivity contribution in [1.29, 1.82) is 0 Å². The predicted molar refractivity (Wildman–Crippen MR) is 38.3 cm³/mol. The van der Waals surface area contributed by atoms with Crippen LogP contribution >= 0.6 is 0 Å². The molecule has 2 N–H and O–H groups in total. The van der Waals surface area contributed by atoms with E-state index in [9.17, 15) is 8.42 Å². The molecule has 0 aromatic heterocycles. The summed E-state index contributed by atoms with van der Waals surface area (Å²) in [4.78, 5) is 0. The molecule has 0 amide bonds. The largest absolute Gasteiger partial charge is 0.396 e. The Labute approximate surface area is 65.7 Å². The Balaban J connectivity index is 3.84. The van der Waals surface area contributed by atoms with Gasteiger partial charge in [0, 0.05) is 13.0 Å². The molecule has 0 aliphatic rings. The maximum atomic E-state index is 10.6. The van der Waals surface area contributed by atoms with Crippen LogP contribution < -0.4 is 0 Å². The van der Waals surface area contributed by atoms with Crippen molar-refractivity contribution in [2.75, 3.05) is 12.4 Å². The van der Waals surface area contributed by atoms with E-state index >= 15 is 0 Å². The Kier molecular flexibility index (Phi) is 4.58. The van der Waals surface area contributed by atoms with E-state index in [1.54, 1.807) is 0 Å². The van der Waals surface area contributed by atoms with Crippen molar-refractivity contribution in [2.24, 2.45) is 0 Å². The van der Waals surface area contributed by atoms with Gasteiger partial charge >= 0.3 is 0 Å². The fourth-order valence-corrected chi connectivity index (χ4v) is 0.967. The molecule has 0 radical (unpaired) electrons. The monoisotopic (exact) mass is 184 g/mol. The van der Waals surface area contributed by atoms with E-state index in [0.29, 0.717) is 0 Å². The van der Waals surface area contributed by atoms with Crippen LogP contribution in [0.15, 0.2) is 0 Å². The van der Waals surface area contributed by atoms with Gasteiger partial charge in [0.15, 0.2) is 6.29 Å². The van der Waals surface area contributed by atoms with Crippen molar-refractivity contribution in [2.45, 2.75) is 19.6 Å². The Morgan fingerprint density at radius 3 is 2.45 bits per heavy atom. The maximum absolute atomic E-state index is 10.6. The van der Waals surface area contributed by atoms with Gasteiger partial charge in [0.2, 0.25) is 0 Å². The SMILES string of the molecule is CCS(=O)(=O)OC(O)CCO. The summed E-state index contributed by atoms with van der Waals surface area (Å²) in [6.07, 6.45) is -1.52. The molecular formula is C5H12O5S. The second kappa shape index (κ2) is 4.66. The molecule has 0 aromatic rings. The lowest BCUT2D eigenvalue weighted by molar-refractivity contribution is -0.0275. The minimum Gasteiger partial charge on any atom is -0.396 e. The molecule has 0 heterocycles. The fourth-order valence-electron chi connectivity index (χ4n) is 0.396. The summed E-state index contributed by atoms with van der Waals surface area (Å²) in [7, 11) is -3.60. The van der Waals surface area contributed by atoms with Gasteiger partial charge < -0.3 is 10.2 Å². The Hall–Kier alpha value is -0.170. The van der Waals surface area contributed by atoms with Gasteiger partial charge in [-0.25, -0.2) is 4.18 Å². The second-order valence-electron chi connectivity index (χ2n) is 1.91. The van der Waals surface area contributed by atoms with E-state index in [-0.39, 0.29) is 18.8 Å². The molecule has 0 saturated heterocycles. The highest BCUT2D eigenvalue weighted by Crippen LogP contribution is 2.00. The molecule has 0 spiro atoms. The highest BCUT2D eigenvalue weighted by molar-refractivity contribution is 7.86. The van der Waals surface area contributed by atoms with E-state index < -0.39 is 16.4 Å². The lowest BCUT2D eigenvalue weighted by Crippen LogP contribution is -2.20. The molecule has 6 heteroatoms. The molecule has 0 rings (SSSR count). The second-order valence-corrected chi connectivity index (χ2v) is 3.79. The molecule has 5 nitrogen and oxygen atoms in total. The first-order valence-electron chi connectivity index (χ1n) is 3.21. The van der Waals surface area contributed by atoms with Crippen LogP contribution in [0.25, 0.3) is 0 Å². The van der Waals surface area contributed by atoms with Crippen LogP contribution in [0.5, 0.6) is 0 Å². The summed E-state index contributed by atoms with van der Waals surface area (Å²) in [5.74, 6) is -0.185. The summed E-state index contributed by atoms with van der Waals surface area (Å²) < 4.78 is 25.4. The van der Waals surface area contributed by atoms with Gasteiger partial charge in [-0.15, -0.1) is 0 Å². The summed E-state index contributed by atoms with van der Waals surface area (Å²) in [6.45, 7) is 1.10. The number of rotatable bonds is 5. The summed E-state index contributed by atoms with van der Waals surface area (Å²) >= 11 is 0. The van der Waals surface area contributed by atoms with Crippen LogP contribution in [0.3, 0.4) is 0 Å². The number of aliphatic hydroxyl groups is 2. The van der Waals surface area contributed by atoms with Crippen LogP contribution in [0, 0.1) is 0 Å². The van der Waals surface area contributed by atoms with Crippen molar-refractivity contribution in [3.8, 4) is 0 Å². The van der Waals surface area contributed by atoms with Gasteiger partial charge in [0.1, 0.15) is 0 Å². The molecular weight excluding hydrogens is 172 g/mol. The molecule has 1 atom stereocenters. The van der Waals surface area contributed by atoms with E-state index in [1.165, 1.54) is 6.92 Å². The zero-order valence-corrected chi connectivity index (χ0v) is 7.04. The molecule has 0 fully saturated rings. The van der Waals surface area contributed by atoms with E-state index in [2.05, 4.69) is 4.18 Å². The van der Waals surface area contributed by atoms with Gasteiger partial charge in [-0.1, -0.05) is 0 Å². The molecule has 11 heavy (non-hydrogen) atoms. The summed E-state index contributed by atoms with van der Waals surface area (Å²) in [5.41, 5.74) is 0. The summed E-state index contributed by atoms with van der Waals surface area (Å²) in [5, 5.41) is 17.0. The maximum Gasteiger partial charge on any atom is 0.269 e. The lowest BCUT2D eigenvalue weighted by Gasteiger charge is -2.08. The molecule has 0 bridgehead atoms. The predicted octanol–water partition coefficient (Wildman–Crippen LogP) is -0.946. The first kappa shape index (κ1) is 10.8. The number of aliphatic hydroxyl groups excluding tert-OH is 2. The third-order valence-electron chi connectivity index (χ3n) is 0.987. The molecule has 0 aliphatic heterocycles. The Morgan fingerprint density at radius 2 is 2.09 bits per heavy atom. The quantitative estimate of drug-likeness (QED) is 0.425.